The number of nitrogens with one attached hydrogen (secondary N) is 1. The highest BCUT2D eigenvalue weighted by Gasteiger charge is 2.19. The van der Waals surface area contributed by atoms with E-state index in [9.17, 15) is 14.4 Å². The van der Waals surface area contributed by atoms with Crippen molar-refractivity contribution in [3.63, 3.8) is 0 Å². The van der Waals surface area contributed by atoms with E-state index >= 15 is 0 Å². The molecule has 0 aliphatic carbocycles. The lowest BCUT2D eigenvalue weighted by Gasteiger charge is -2.25. The van der Waals surface area contributed by atoms with Gasteiger partial charge in [0.2, 0.25) is 11.8 Å². The maximum atomic E-state index is 12.3. The zero-order valence-corrected chi connectivity index (χ0v) is 16.2. The molecule has 0 rings (SSSR count). The summed E-state index contributed by atoms with van der Waals surface area (Å²) in [6, 6.07) is -0.552. The lowest BCUT2D eigenvalue weighted by Crippen LogP contribution is -2.45. The molecular formula is C18H36N4O3. The maximum absolute atomic E-state index is 12.3. The highest BCUT2D eigenvalue weighted by atomic mass is 16.2. The van der Waals surface area contributed by atoms with Crippen LogP contribution in [0.4, 0.5) is 0 Å². The minimum Gasteiger partial charge on any atom is -0.353 e. The predicted molar refractivity (Wildman–Crippen MR) is 99.8 cm³/mol. The van der Waals surface area contributed by atoms with Crippen LogP contribution >= 0.6 is 0 Å². The van der Waals surface area contributed by atoms with Crippen molar-refractivity contribution in [2.45, 2.75) is 59.4 Å². The monoisotopic (exact) mass is 356 g/mol. The van der Waals surface area contributed by atoms with Crippen LogP contribution in [0.1, 0.15) is 53.4 Å². The van der Waals surface area contributed by atoms with E-state index in [0.29, 0.717) is 39.0 Å². The van der Waals surface area contributed by atoms with Gasteiger partial charge in [0.1, 0.15) is 5.78 Å². The van der Waals surface area contributed by atoms with Gasteiger partial charge < -0.3 is 21.7 Å². The summed E-state index contributed by atoms with van der Waals surface area (Å²) in [6.45, 7) is 9.03. The second-order valence-electron chi connectivity index (χ2n) is 7.03. The summed E-state index contributed by atoms with van der Waals surface area (Å²) >= 11 is 0. The molecule has 25 heavy (non-hydrogen) atoms. The summed E-state index contributed by atoms with van der Waals surface area (Å²) in [4.78, 5) is 37.7. The standard InChI is InChI=1S/C18H36N4O3/c1-13(2)16(23)8-11-22(18(25)14(3)4)12-10-21-17(24)15(20)7-5-6-9-19/h13-15H,5-12,19-20H2,1-4H3,(H,21,24)/t15-/m0/s1. The van der Waals surface area contributed by atoms with Gasteiger partial charge in [0, 0.05) is 37.9 Å². The second kappa shape index (κ2) is 12.8. The van der Waals surface area contributed by atoms with Crippen LogP contribution in [0.3, 0.4) is 0 Å². The maximum Gasteiger partial charge on any atom is 0.236 e. The summed E-state index contributed by atoms with van der Waals surface area (Å²) in [7, 11) is 0. The molecule has 0 bridgehead atoms. The van der Waals surface area contributed by atoms with Crippen molar-refractivity contribution >= 4 is 17.6 Å². The number of hydrogen-bond donors (Lipinski definition) is 3. The molecule has 0 aromatic carbocycles. The Morgan fingerprint density at radius 1 is 1.00 bits per heavy atom. The van der Waals surface area contributed by atoms with Crippen LogP contribution in [-0.4, -0.2) is 54.7 Å². The first kappa shape index (κ1) is 23.5. The zero-order chi connectivity index (χ0) is 19.4. The molecule has 0 aliphatic rings. The van der Waals surface area contributed by atoms with Gasteiger partial charge in [0.15, 0.2) is 0 Å². The first-order valence-electron chi connectivity index (χ1n) is 9.25. The van der Waals surface area contributed by atoms with E-state index in [2.05, 4.69) is 5.32 Å². The van der Waals surface area contributed by atoms with Crippen LogP contribution in [0.15, 0.2) is 0 Å². The molecule has 0 aromatic heterocycles. The quantitative estimate of drug-likeness (QED) is 0.419. The number of nitrogens with two attached hydrogens (primary N) is 2. The Kier molecular flexibility index (Phi) is 12.1. The van der Waals surface area contributed by atoms with Gasteiger partial charge in [-0.15, -0.1) is 0 Å². The van der Waals surface area contributed by atoms with E-state index in [4.69, 9.17) is 11.5 Å². The topological polar surface area (TPSA) is 119 Å². The van der Waals surface area contributed by atoms with Crippen molar-refractivity contribution in [1.82, 2.24) is 10.2 Å². The number of hydrogen-bond acceptors (Lipinski definition) is 5. The number of amides is 2. The molecule has 0 saturated carbocycles. The number of ketones is 1. The largest absolute Gasteiger partial charge is 0.353 e. The summed E-state index contributed by atoms with van der Waals surface area (Å²) in [5.41, 5.74) is 11.3. The minimum atomic E-state index is -0.552. The van der Waals surface area contributed by atoms with Gasteiger partial charge in [0.25, 0.3) is 0 Å². The third kappa shape index (κ3) is 10.2. The van der Waals surface area contributed by atoms with Crippen molar-refractivity contribution in [3.8, 4) is 0 Å². The predicted octanol–water partition coefficient (Wildman–Crippen LogP) is 0.659. The van der Waals surface area contributed by atoms with Gasteiger partial charge in [-0.1, -0.05) is 34.1 Å². The molecule has 146 valence electrons. The fraction of sp³-hybridized carbons (Fsp3) is 0.833. The van der Waals surface area contributed by atoms with Gasteiger partial charge in [-0.2, -0.15) is 0 Å². The van der Waals surface area contributed by atoms with Crippen LogP contribution in [0.2, 0.25) is 0 Å². The van der Waals surface area contributed by atoms with Crippen molar-refractivity contribution < 1.29 is 14.4 Å². The van der Waals surface area contributed by atoms with E-state index in [1.165, 1.54) is 0 Å². The van der Waals surface area contributed by atoms with Crippen LogP contribution in [0.25, 0.3) is 0 Å². The Balaban J connectivity index is 4.39. The number of rotatable bonds is 13. The van der Waals surface area contributed by atoms with Crippen LogP contribution in [0.5, 0.6) is 0 Å². The van der Waals surface area contributed by atoms with Crippen molar-refractivity contribution in [2.24, 2.45) is 23.3 Å². The Morgan fingerprint density at radius 3 is 2.16 bits per heavy atom. The number of unbranched alkanes of at least 4 members (excludes halogenated alkanes) is 1. The molecular weight excluding hydrogens is 320 g/mol. The van der Waals surface area contributed by atoms with Gasteiger partial charge >= 0.3 is 0 Å². The van der Waals surface area contributed by atoms with E-state index < -0.39 is 6.04 Å². The lowest BCUT2D eigenvalue weighted by molar-refractivity contribution is -0.135. The lowest BCUT2D eigenvalue weighted by atomic mass is 10.1. The first-order chi connectivity index (χ1) is 11.7. The summed E-state index contributed by atoms with van der Waals surface area (Å²) in [5, 5.41) is 2.77. The number of Topliss-reactive ketones (excluding diaryl/α,β-unsaturated/α-hetero) is 1. The van der Waals surface area contributed by atoms with Crippen LogP contribution < -0.4 is 16.8 Å². The van der Waals surface area contributed by atoms with Gasteiger partial charge in [-0.3, -0.25) is 14.4 Å². The highest BCUT2D eigenvalue weighted by molar-refractivity contribution is 5.83. The fourth-order valence-corrected chi connectivity index (χ4v) is 2.32. The molecule has 1 atom stereocenters. The van der Waals surface area contributed by atoms with Crippen molar-refractivity contribution in [1.29, 1.82) is 0 Å². The van der Waals surface area contributed by atoms with Gasteiger partial charge in [-0.25, -0.2) is 0 Å². The Morgan fingerprint density at radius 2 is 1.64 bits per heavy atom. The molecule has 0 spiro atoms. The average Bonchev–Trinajstić information content (AvgIpc) is 2.56. The third-order valence-electron chi connectivity index (χ3n) is 4.06. The van der Waals surface area contributed by atoms with Crippen molar-refractivity contribution in [2.75, 3.05) is 26.2 Å². The number of carbonyl (C=O) groups excluding carboxylic acids is 3. The molecule has 0 fully saturated rings. The Labute approximate surface area is 151 Å². The van der Waals surface area contributed by atoms with E-state index in [0.717, 1.165) is 12.8 Å². The normalized spacial score (nSPS) is 12.3. The molecule has 5 N–H and O–H groups in total. The summed E-state index contributed by atoms with van der Waals surface area (Å²) in [5.74, 6) is -0.289. The molecule has 7 heteroatoms. The van der Waals surface area contributed by atoms with Gasteiger partial charge in [0.05, 0.1) is 6.04 Å². The molecule has 0 saturated heterocycles. The molecule has 0 aromatic rings. The molecule has 2 amide bonds. The Hall–Kier alpha value is -1.47. The summed E-state index contributed by atoms with van der Waals surface area (Å²) < 4.78 is 0. The summed E-state index contributed by atoms with van der Waals surface area (Å²) in [6.07, 6.45) is 2.60. The Bertz CT molecular complexity index is 425. The average molecular weight is 357 g/mol. The highest BCUT2D eigenvalue weighted by Crippen LogP contribution is 2.05. The van der Waals surface area contributed by atoms with Crippen LogP contribution in [-0.2, 0) is 14.4 Å². The zero-order valence-electron chi connectivity index (χ0n) is 16.2. The van der Waals surface area contributed by atoms with E-state index in [1.54, 1.807) is 4.90 Å². The fourth-order valence-electron chi connectivity index (χ4n) is 2.32. The minimum absolute atomic E-state index is 0.0157. The molecule has 7 nitrogen and oxygen atoms in total. The first-order valence-corrected chi connectivity index (χ1v) is 9.25. The third-order valence-corrected chi connectivity index (χ3v) is 4.06. The number of carbonyl (C=O) groups is 3. The van der Waals surface area contributed by atoms with Crippen LogP contribution in [0, 0.1) is 11.8 Å². The molecule has 0 unspecified atom stereocenters. The smallest absolute Gasteiger partial charge is 0.236 e. The SMILES string of the molecule is CC(C)C(=O)CCN(CCNC(=O)[C@@H](N)CCCCN)C(=O)C(C)C. The van der Waals surface area contributed by atoms with Crippen molar-refractivity contribution in [3.05, 3.63) is 0 Å². The number of nitrogens with zero attached hydrogens (tertiary/aromatic N) is 1. The molecule has 0 radical (unpaired) electrons. The molecule has 0 heterocycles. The second-order valence-corrected chi connectivity index (χ2v) is 7.03. The van der Waals surface area contributed by atoms with E-state index in [1.807, 2.05) is 27.7 Å². The van der Waals surface area contributed by atoms with E-state index in [-0.39, 0.29) is 29.4 Å². The molecule has 0 aliphatic heterocycles. The van der Waals surface area contributed by atoms with Gasteiger partial charge in [-0.05, 0) is 19.4 Å².